The van der Waals surface area contributed by atoms with E-state index in [2.05, 4.69) is 5.32 Å². The largest absolute Gasteiger partial charge is 0.479 e. The fourth-order valence-electron chi connectivity index (χ4n) is 2.07. The molecule has 0 bridgehead atoms. The second kappa shape index (κ2) is 7.57. The van der Waals surface area contributed by atoms with Crippen LogP contribution < -0.4 is 10.1 Å². The maximum absolute atomic E-state index is 12.9. The fourth-order valence-corrected chi connectivity index (χ4v) is 2.07. The van der Waals surface area contributed by atoms with Crippen LogP contribution in [0.2, 0.25) is 0 Å². The number of benzene rings is 2. The highest BCUT2D eigenvalue weighted by atomic mass is 19.4. The molecular formula is C17H10F6N2O2. The molecule has 27 heavy (non-hydrogen) atoms. The molecule has 0 aromatic heterocycles. The van der Waals surface area contributed by atoms with Gasteiger partial charge in [0.15, 0.2) is 6.61 Å². The van der Waals surface area contributed by atoms with E-state index in [1.807, 2.05) is 0 Å². The van der Waals surface area contributed by atoms with Crippen LogP contribution in [0.15, 0.2) is 42.5 Å². The summed E-state index contributed by atoms with van der Waals surface area (Å²) in [4.78, 5) is 12.2. The van der Waals surface area contributed by atoms with Crippen molar-refractivity contribution in [1.29, 1.82) is 5.26 Å². The number of rotatable bonds is 4. The summed E-state index contributed by atoms with van der Waals surface area (Å²) in [6.45, 7) is -0.278. The van der Waals surface area contributed by atoms with Crippen LogP contribution >= 0.6 is 0 Å². The van der Waals surface area contributed by atoms with Crippen molar-refractivity contribution in [3.63, 3.8) is 0 Å². The van der Waals surface area contributed by atoms with Crippen LogP contribution in [0.4, 0.5) is 32.0 Å². The van der Waals surface area contributed by atoms with E-state index in [1.165, 1.54) is 24.3 Å². The number of amides is 1. The number of carbonyl (C=O) groups excluding carboxylic acids is 1. The van der Waals surface area contributed by atoms with E-state index in [1.54, 1.807) is 6.07 Å². The second-order valence-electron chi connectivity index (χ2n) is 5.22. The Balaban J connectivity index is 2.34. The van der Waals surface area contributed by atoms with E-state index >= 15 is 0 Å². The molecule has 0 spiro atoms. The Labute approximate surface area is 149 Å². The van der Waals surface area contributed by atoms with Crippen molar-refractivity contribution in [2.24, 2.45) is 0 Å². The molecule has 0 aliphatic rings. The van der Waals surface area contributed by atoms with Gasteiger partial charge in [0, 0.05) is 17.3 Å². The molecule has 1 amide bonds. The number of halogens is 6. The molecule has 0 saturated heterocycles. The average molecular weight is 388 g/mol. The molecule has 2 rings (SSSR count). The first-order valence-electron chi connectivity index (χ1n) is 7.21. The molecule has 0 heterocycles. The van der Waals surface area contributed by atoms with E-state index in [0.29, 0.717) is 12.1 Å². The summed E-state index contributed by atoms with van der Waals surface area (Å²) >= 11 is 0. The fraction of sp³-hybridized carbons (Fsp3) is 0.176. The predicted molar refractivity (Wildman–Crippen MR) is 81.9 cm³/mol. The highest BCUT2D eigenvalue weighted by Gasteiger charge is 2.37. The first-order valence-corrected chi connectivity index (χ1v) is 7.21. The van der Waals surface area contributed by atoms with Gasteiger partial charge in [0.2, 0.25) is 0 Å². The number of hydrogen-bond acceptors (Lipinski definition) is 3. The van der Waals surface area contributed by atoms with Gasteiger partial charge in [-0.05, 0) is 30.3 Å². The van der Waals surface area contributed by atoms with E-state index < -0.39 is 35.0 Å². The van der Waals surface area contributed by atoms with Crippen LogP contribution in [-0.2, 0) is 12.4 Å². The highest BCUT2D eigenvalue weighted by Crippen LogP contribution is 2.36. The van der Waals surface area contributed by atoms with Crippen LogP contribution in [0.5, 0.6) is 5.75 Å². The van der Waals surface area contributed by atoms with Gasteiger partial charge < -0.3 is 10.1 Å². The van der Waals surface area contributed by atoms with Gasteiger partial charge in [-0.2, -0.15) is 31.6 Å². The molecule has 4 nitrogen and oxygen atoms in total. The standard InChI is InChI=1S/C17H10F6N2O2/c18-16(19,20)11-6-10(7-12(8-11)17(21,22)23)15(26)25-13-2-1-3-14(9-13)27-5-4-24/h1-3,6-9H,5H2,(H,25,26). The molecular weight excluding hydrogens is 378 g/mol. The summed E-state index contributed by atoms with van der Waals surface area (Å²) in [7, 11) is 0. The molecule has 2 aromatic rings. The summed E-state index contributed by atoms with van der Waals surface area (Å²) in [5.74, 6) is -0.974. The Morgan fingerprint density at radius 1 is 1.00 bits per heavy atom. The van der Waals surface area contributed by atoms with Gasteiger partial charge in [0.1, 0.15) is 11.8 Å². The third-order valence-electron chi connectivity index (χ3n) is 3.25. The Morgan fingerprint density at radius 2 is 1.59 bits per heavy atom. The van der Waals surface area contributed by atoms with Crippen LogP contribution in [0, 0.1) is 11.3 Å². The molecule has 142 valence electrons. The third-order valence-corrected chi connectivity index (χ3v) is 3.25. The van der Waals surface area contributed by atoms with Gasteiger partial charge in [-0.25, -0.2) is 0 Å². The van der Waals surface area contributed by atoms with E-state index in [9.17, 15) is 31.1 Å². The molecule has 10 heteroatoms. The van der Waals surface area contributed by atoms with Crippen LogP contribution in [0.25, 0.3) is 0 Å². The van der Waals surface area contributed by atoms with Crippen LogP contribution in [-0.4, -0.2) is 12.5 Å². The zero-order valence-electron chi connectivity index (χ0n) is 13.3. The molecule has 0 saturated carbocycles. The first-order chi connectivity index (χ1) is 12.5. The molecule has 0 unspecified atom stereocenters. The predicted octanol–water partition coefficient (Wildman–Crippen LogP) is 4.88. The Morgan fingerprint density at radius 3 is 2.11 bits per heavy atom. The second-order valence-corrected chi connectivity index (χ2v) is 5.22. The molecule has 0 radical (unpaired) electrons. The maximum Gasteiger partial charge on any atom is 0.416 e. The summed E-state index contributed by atoms with van der Waals surface area (Å²) in [5, 5.41) is 10.6. The number of nitriles is 1. The zero-order valence-corrected chi connectivity index (χ0v) is 13.3. The minimum atomic E-state index is -5.05. The topological polar surface area (TPSA) is 62.1 Å². The van der Waals surface area contributed by atoms with Crippen molar-refractivity contribution in [3.05, 3.63) is 59.2 Å². The number of carbonyl (C=O) groups is 1. The highest BCUT2D eigenvalue weighted by molar-refractivity contribution is 6.04. The minimum Gasteiger partial charge on any atom is -0.479 e. The van der Waals surface area contributed by atoms with Crippen molar-refractivity contribution in [3.8, 4) is 11.8 Å². The van der Waals surface area contributed by atoms with E-state index in [-0.39, 0.29) is 24.1 Å². The summed E-state index contributed by atoms with van der Waals surface area (Å²) in [6, 6.07) is 7.84. The van der Waals surface area contributed by atoms with Gasteiger partial charge in [0.25, 0.3) is 5.91 Å². The van der Waals surface area contributed by atoms with Crippen molar-refractivity contribution in [1.82, 2.24) is 0 Å². The van der Waals surface area contributed by atoms with Crippen molar-refractivity contribution < 1.29 is 35.9 Å². The number of ether oxygens (including phenoxy) is 1. The number of nitrogens with zero attached hydrogens (tertiary/aromatic N) is 1. The van der Waals surface area contributed by atoms with E-state index in [4.69, 9.17) is 10.00 Å². The normalized spacial score (nSPS) is 11.6. The van der Waals surface area contributed by atoms with Gasteiger partial charge in [0.05, 0.1) is 11.1 Å². The maximum atomic E-state index is 12.9. The lowest BCUT2D eigenvalue weighted by Crippen LogP contribution is -2.17. The molecule has 2 aromatic carbocycles. The lowest BCUT2D eigenvalue weighted by atomic mass is 10.0. The Bertz CT molecular complexity index is 852. The lowest BCUT2D eigenvalue weighted by Gasteiger charge is -2.14. The summed E-state index contributed by atoms with van der Waals surface area (Å²) in [6.07, 6.45) is -10.1. The first kappa shape index (κ1) is 20.1. The quantitative estimate of drug-likeness (QED) is 0.760. The number of hydrogen-bond donors (Lipinski definition) is 1. The zero-order chi connectivity index (χ0) is 20.2. The smallest absolute Gasteiger partial charge is 0.416 e. The summed E-state index contributed by atoms with van der Waals surface area (Å²) < 4.78 is 82.1. The number of nitrogens with one attached hydrogen (secondary N) is 1. The van der Waals surface area contributed by atoms with Crippen LogP contribution in [0.1, 0.15) is 21.5 Å². The van der Waals surface area contributed by atoms with Crippen LogP contribution in [0.3, 0.4) is 0 Å². The van der Waals surface area contributed by atoms with E-state index in [0.717, 1.165) is 0 Å². The molecule has 0 atom stereocenters. The van der Waals surface area contributed by atoms with Crippen molar-refractivity contribution in [2.75, 3.05) is 11.9 Å². The lowest BCUT2D eigenvalue weighted by molar-refractivity contribution is -0.143. The van der Waals surface area contributed by atoms with Gasteiger partial charge in [-0.1, -0.05) is 6.07 Å². The van der Waals surface area contributed by atoms with Crippen molar-refractivity contribution >= 4 is 11.6 Å². The van der Waals surface area contributed by atoms with Gasteiger partial charge >= 0.3 is 12.4 Å². The Kier molecular flexibility index (Phi) is 5.64. The van der Waals surface area contributed by atoms with Gasteiger partial charge in [-0.15, -0.1) is 0 Å². The van der Waals surface area contributed by atoms with Gasteiger partial charge in [-0.3, -0.25) is 4.79 Å². The van der Waals surface area contributed by atoms with Crippen molar-refractivity contribution in [2.45, 2.75) is 12.4 Å². The number of alkyl halides is 6. The monoisotopic (exact) mass is 388 g/mol. The molecule has 0 fully saturated rings. The third kappa shape index (κ3) is 5.37. The number of anilines is 1. The summed E-state index contributed by atoms with van der Waals surface area (Å²) in [5.41, 5.74) is -3.91. The molecule has 0 aliphatic carbocycles. The molecule has 1 N–H and O–H groups in total. The minimum absolute atomic E-state index is 0.0624. The average Bonchev–Trinajstić information content (AvgIpc) is 2.58. The Hall–Kier alpha value is -3.22. The molecule has 0 aliphatic heterocycles. The SMILES string of the molecule is N#CCOc1cccc(NC(=O)c2cc(C(F)(F)F)cc(C(F)(F)F)c2)c1.